The van der Waals surface area contributed by atoms with E-state index in [9.17, 15) is 13.2 Å². The highest BCUT2D eigenvalue weighted by molar-refractivity contribution is 9.10. The predicted octanol–water partition coefficient (Wildman–Crippen LogP) is 2.76. The van der Waals surface area contributed by atoms with Gasteiger partial charge in [-0.25, -0.2) is 8.42 Å². The van der Waals surface area contributed by atoms with Crippen LogP contribution in [0.4, 0.5) is 0 Å². The smallest absolute Gasteiger partial charge is 0.241 e. The molecule has 0 aliphatic carbocycles. The monoisotopic (exact) mass is 438 g/mol. The lowest BCUT2D eigenvalue weighted by Gasteiger charge is -2.28. The number of fused-ring (bicyclic) bond motifs is 1. The van der Waals surface area contributed by atoms with Crippen LogP contribution in [0.2, 0.25) is 0 Å². The van der Waals surface area contributed by atoms with Crippen molar-refractivity contribution in [1.29, 1.82) is 0 Å². The summed E-state index contributed by atoms with van der Waals surface area (Å²) < 4.78 is 33.6. The number of carbonyl (C=O) groups excluding carboxylic acids is 1. The number of nitrogens with one attached hydrogen (secondary N) is 2. The van der Waals surface area contributed by atoms with Gasteiger partial charge < -0.3 is 10.1 Å². The number of halogens is 1. The second-order valence-corrected chi connectivity index (χ2v) is 8.67. The van der Waals surface area contributed by atoms with Crippen molar-refractivity contribution in [3.05, 3.63) is 58.6 Å². The van der Waals surface area contributed by atoms with Crippen LogP contribution >= 0.6 is 15.9 Å². The molecule has 0 radical (unpaired) electrons. The molecule has 2 aromatic rings. The summed E-state index contributed by atoms with van der Waals surface area (Å²) in [5.74, 6) is 0.338. The zero-order valence-corrected chi connectivity index (χ0v) is 16.5. The van der Waals surface area contributed by atoms with E-state index in [1.165, 1.54) is 19.1 Å². The van der Waals surface area contributed by atoms with Gasteiger partial charge in [-0.3, -0.25) is 4.79 Å². The summed E-state index contributed by atoms with van der Waals surface area (Å²) in [4.78, 5) is 12.6. The third kappa shape index (κ3) is 4.25. The van der Waals surface area contributed by atoms with Crippen molar-refractivity contribution >= 4 is 31.9 Å². The van der Waals surface area contributed by atoms with Gasteiger partial charge in [0.2, 0.25) is 15.9 Å². The first-order valence-corrected chi connectivity index (χ1v) is 10.4. The van der Waals surface area contributed by atoms with Crippen molar-refractivity contribution in [1.82, 2.24) is 10.0 Å². The highest BCUT2D eigenvalue weighted by atomic mass is 79.9. The topological polar surface area (TPSA) is 84.5 Å². The standard InChI is InChI=1S/C18H19BrN2O4S/c1-12(21-26(23,24)14-5-3-2-4-6-14)18(22)20-16-9-10-25-17-8-7-13(19)11-15(16)17/h2-8,11-12,16,21H,9-10H2,1H3,(H,20,22)/t12-,16?/m0/s1. The first kappa shape index (κ1) is 18.9. The summed E-state index contributed by atoms with van der Waals surface area (Å²) in [5.41, 5.74) is 0.872. The fourth-order valence-corrected chi connectivity index (χ4v) is 4.37. The van der Waals surface area contributed by atoms with E-state index in [1.807, 2.05) is 18.2 Å². The molecule has 26 heavy (non-hydrogen) atoms. The summed E-state index contributed by atoms with van der Waals surface area (Å²) >= 11 is 3.42. The van der Waals surface area contributed by atoms with Crippen LogP contribution in [0.3, 0.4) is 0 Å². The molecule has 6 nitrogen and oxygen atoms in total. The summed E-state index contributed by atoms with van der Waals surface area (Å²) in [7, 11) is -3.76. The van der Waals surface area contributed by atoms with Crippen LogP contribution in [-0.4, -0.2) is 27.0 Å². The highest BCUT2D eigenvalue weighted by Gasteiger charge is 2.27. The van der Waals surface area contributed by atoms with Crippen LogP contribution in [0.15, 0.2) is 57.9 Å². The molecule has 2 N–H and O–H groups in total. The van der Waals surface area contributed by atoms with Gasteiger partial charge >= 0.3 is 0 Å². The molecule has 8 heteroatoms. The maximum atomic E-state index is 12.5. The molecule has 1 aliphatic heterocycles. The SMILES string of the molecule is C[C@H](NS(=O)(=O)c1ccccc1)C(=O)NC1CCOc2ccc(Br)cc21. The highest BCUT2D eigenvalue weighted by Crippen LogP contribution is 2.34. The third-order valence-electron chi connectivity index (χ3n) is 4.11. The lowest BCUT2D eigenvalue weighted by Crippen LogP contribution is -2.46. The minimum atomic E-state index is -3.76. The minimum absolute atomic E-state index is 0.125. The maximum absolute atomic E-state index is 12.5. The fourth-order valence-electron chi connectivity index (χ4n) is 2.77. The molecule has 138 valence electrons. The molecule has 0 saturated carbocycles. The number of hydrogen-bond donors (Lipinski definition) is 2. The second kappa shape index (κ2) is 7.77. The molecule has 0 bridgehead atoms. The van der Waals surface area contributed by atoms with E-state index in [-0.39, 0.29) is 16.8 Å². The number of ether oxygens (including phenoxy) is 1. The molecule has 0 fully saturated rings. The molecular weight excluding hydrogens is 420 g/mol. The van der Waals surface area contributed by atoms with Crippen molar-refractivity contribution < 1.29 is 17.9 Å². The van der Waals surface area contributed by atoms with Crippen molar-refractivity contribution in [3.63, 3.8) is 0 Å². The van der Waals surface area contributed by atoms with Gasteiger partial charge in [0.25, 0.3) is 0 Å². The molecule has 2 atom stereocenters. The van der Waals surface area contributed by atoms with E-state index in [0.29, 0.717) is 13.0 Å². The second-order valence-electron chi connectivity index (χ2n) is 6.04. The molecule has 3 rings (SSSR count). The summed E-state index contributed by atoms with van der Waals surface area (Å²) in [5, 5.41) is 2.91. The Balaban J connectivity index is 1.70. The fraction of sp³-hybridized carbons (Fsp3) is 0.278. The van der Waals surface area contributed by atoms with Crippen LogP contribution < -0.4 is 14.8 Å². The minimum Gasteiger partial charge on any atom is -0.493 e. The average molecular weight is 439 g/mol. The Morgan fingerprint density at radius 3 is 2.69 bits per heavy atom. The summed E-state index contributed by atoms with van der Waals surface area (Å²) in [6.45, 7) is 2.01. The Hall–Kier alpha value is -1.90. The number of amides is 1. The Bertz CT molecular complexity index is 903. The van der Waals surface area contributed by atoms with Crippen LogP contribution in [0.5, 0.6) is 5.75 Å². The van der Waals surface area contributed by atoms with E-state index >= 15 is 0 Å². The Kier molecular flexibility index (Phi) is 5.64. The number of hydrogen-bond acceptors (Lipinski definition) is 4. The molecule has 1 heterocycles. The van der Waals surface area contributed by atoms with Crippen LogP contribution in [0.1, 0.15) is 24.9 Å². The van der Waals surface area contributed by atoms with Crippen molar-refractivity contribution in [2.24, 2.45) is 0 Å². The van der Waals surface area contributed by atoms with Gasteiger partial charge in [0, 0.05) is 16.5 Å². The first-order chi connectivity index (χ1) is 12.4. The normalized spacial score (nSPS) is 17.7. The molecule has 1 aliphatic rings. The van der Waals surface area contributed by atoms with Gasteiger partial charge in [0.15, 0.2) is 0 Å². The zero-order chi connectivity index (χ0) is 18.7. The summed E-state index contributed by atoms with van der Waals surface area (Å²) in [6.07, 6.45) is 0.618. The van der Waals surface area contributed by atoms with Gasteiger partial charge in [0.1, 0.15) is 5.75 Å². The number of carbonyl (C=O) groups is 1. The number of benzene rings is 2. The number of rotatable bonds is 5. The van der Waals surface area contributed by atoms with Crippen molar-refractivity contribution in [2.75, 3.05) is 6.61 Å². The molecule has 0 saturated heterocycles. The first-order valence-electron chi connectivity index (χ1n) is 8.17. The Morgan fingerprint density at radius 2 is 1.96 bits per heavy atom. The molecular formula is C18H19BrN2O4S. The van der Waals surface area contributed by atoms with Gasteiger partial charge in [0.05, 0.1) is 23.6 Å². The number of sulfonamides is 1. The molecule has 2 aromatic carbocycles. The third-order valence-corrected chi connectivity index (χ3v) is 6.16. The van der Waals surface area contributed by atoms with Crippen molar-refractivity contribution in [2.45, 2.75) is 30.3 Å². The van der Waals surface area contributed by atoms with Gasteiger partial charge in [-0.2, -0.15) is 4.72 Å². The Morgan fingerprint density at radius 1 is 1.23 bits per heavy atom. The van der Waals surface area contributed by atoms with E-state index in [2.05, 4.69) is 26.0 Å². The quantitative estimate of drug-likeness (QED) is 0.751. The largest absolute Gasteiger partial charge is 0.493 e. The van der Waals surface area contributed by atoms with Crippen LogP contribution in [0, 0.1) is 0 Å². The molecule has 1 amide bonds. The van der Waals surface area contributed by atoms with Gasteiger partial charge in [-0.05, 0) is 37.3 Å². The zero-order valence-electron chi connectivity index (χ0n) is 14.1. The predicted molar refractivity (Wildman–Crippen MR) is 101 cm³/mol. The molecule has 1 unspecified atom stereocenters. The lowest BCUT2D eigenvalue weighted by molar-refractivity contribution is -0.123. The van der Waals surface area contributed by atoms with E-state index in [1.54, 1.807) is 18.2 Å². The molecule has 0 aromatic heterocycles. The van der Waals surface area contributed by atoms with Crippen molar-refractivity contribution in [3.8, 4) is 5.75 Å². The van der Waals surface area contributed by atoms with Gasteiger partial charge in [-0.1, -0.05) is 34.1 Å². The lowest BCUT2D eigenvalue weighted by atomic mass is 10.0. The van der Waals surface area contributed by atoms with Gasteiger partial charge in [-0.15, -0.1) is 0 Å². The Labute approximate surface area is 161 Å². The molecule has 0 spiro atoms. The average Bonchev–Trinajstić information content (AvgIpc) is 2.62. The van der Waals surface area contributed by atoms with E-state index < -0.39 is 16.1 Å². The van der Waals surface area contributed by atoms with E-state index in [4.69, 9.17) is 4.74 Å². The maximum Gasteiger partial charge on any atom is 0.241 e. The summed E-state index contributed by atoms with van der Waals surface area (Å²) in [6, 6.07) is 12.5. The van der Waals surface area contributed by atoms with E-state index in [0.717, 1.165) is 15.8 Å². The van der Waals surface area contributed by atoms with Crippen LogP contribution in [-0.2, 0) is 14.8 Å². The van der Waals surface area contributed by atoms with Crippen LogP contribution in [0.25, 0.3) is 0 Å².